The first-order valence-electron chi connectivity index (χ1n) is 4.14. The van der Waals surface area contributed by atoms with E-state index in [0.717, 1.165) is 13.2 Å². The van der Waals surface area contributed by atoms with Crippen molar-refractivity contribution in [3.8, 4) is 5.75 Å². The van der Waals surface area contributed by atoms with Gasteiger partial charge in [0.15, 0.2) is 11.6 Å². The molecule has 1 aromatic carbocycles. The molecule has 0 unspecified atom stereocenters. The summed E-state index contributed by atoms with van der Waals surface area (Å²) < 4.78 is 22.8. The van der Waals surface area contributed by atoms with E-state index in [4.69, 9.17) is 9.84 Å². The fourth-order valence-corrected chi connectivity index (χ4v) is 1.33. The van der Waals surface area contributed by atoms with E-state index in [9.17, 15) is 9.18 Å². The predicted octanol–water partition coefficient (Wildman–Crippen LogP) is 2.54. The maximum Gasteiger partial charge on any atom is 0.377 e. The Kier molecular flexibility index (Phi) is 4.30. The molecule has 0 amide bonds. The van der Waals surface area contributed by atoms with Crippen molar-refractivity contribution >= 4 is 21.9 Å². The van der Waals surface area contributed by atoms with Gasteiger partial charge in [0.1, 0.15) is 6.26 Å². The average molecular weight is 291 g/mol. The van der Waals surface area contributed by atoms with Crippen LogP contribution in [0.2, 0.25) is 0 Å². The van der Waals surface area contributed by atoms with E-state index in [1.807, 2.05) is 0 Å². The Morgan fingerprint density at radius 3 is 2.75 bits per heavy atom. The Bertz CT molecular complexity index is 411. The number of benzene rings is 1. The zero-order valence-corrected chi connectivity index (χ0v) is 9.82. The number of aliphatic hydroxyl groups is 1. The van der Waals surface area contributed by atoms with E-state index >= 15 is 0 Å². The molecule has 0 saturated heterocycles. The molecule has 0 saturated carbocycles. The van der Waals surface area contributed by atoms with E-state index < -0.39 is 17.5 Å². The molecule has 0 fully saturated rings. The molecule has 1 N–H and O–H groups in total. The van der Waals surface area contributed by atoms with Crippen LogP contribution in [0.15, 0.2) is 34.7 Å². The Labute approximate surface area is 99.4 Å². The molecule has 1 aromatic rings. The Morgan fingerprint density at radius 1 is 1.56 bits per heavy atom. The number of para-hydroxylation sites is 1. The van der Waals surface area contributed by atoms with Crippen LogP contribution in [0.3, 0.4) is 0 Å². The van der Waals surface area contributed by atoms with Crippen molar-refractivity contribution in [3.63, 3.8) is 0 Å². The number of halogens is 2. The maximum absolute atomic E-state index is 13.3. The second-order valence-electron chi connectivity index (χ2n) is 2.64. The van der Waals surface area contributed by atoms with Crippen molar-refractivity contribution in [2.75, 3.05) is 7.11 Å². The summed E-state index contributed by atoms with van der Waals surface area (Å²) in [6.07, 6.45) is 0.407. The minimum Gasteiger partial charge on any atom is -0.511 e. The van der Waals surface area contributed by atoms with Crippen LogP contribution in [0.1, 0.15) is 0 Å². The number of ether oxygens (including phenoxy) is 2. The summed E-state index contributed by atoms with van der Waals surface area (Å²) in [5, 5.41) is 8.75. The number of aliphatic hydroxyl groups excluding tert-OH is 1. The highest BCUT2D eigenvalue weighted by Gasteiger charge is 2.17. The molecule has 1 rings (SSSR count). The van der Waals surface area contributed by atoms with Crippen molar-refractivity contribution in [3.05, 3.63) is 40.5 Å². The van der Waals surface area contributed by atoms with Gasteiger partial charge in [-0.05, 0) is 28.1 Å². The average Bonchev–Trinajstić information content (AvgIpc) is 2.28. The molecule has 0 heterocycles. The number of carbonyl (C=O) groups excluding carboxylic acids is 1. The van der Waals surface area contributed by atoms with E-state index in [2.05, 4.69) is 20.7 Å². The van der Waals surface area contributed by atoms with Gasteiger partial charge in [-0.15, -0.1) is 0 Å². The van der Waals surface area contributed by atoms with E-state index in [1.165, 1.54) is 12.1 Å². The second kappa shape index (κ2) is 5.50. The summed E-state index contributed by atoms with van der Waals surface area (Å²) in [6, 6.07) is 4.16. The van der Waals surface area contributed by atoms with E-state index in [0.29, 0.717) is 10.7 Å². The van der Waals surface area contributed by atoms with Gasteiger partial charge in [-0.3, -0.25) is 0 Å². The van der Waals surface area contributed by atoms with Crippen LogP contribution in [0, 0.1) is 5.82 Å². The third kappa shape index (κ3) is 2.73. The first-order chi connectivity index (χ1) is 7.60. The standard InChI is InChI=1S/C10H8BrFO4/c1-15-10(14)8(5-13)16-9-6(11)3-2-4-7(9)12/h2-5,13H,1H3. The van der Waals surface area contributed by atoms with Crippen LogP contribution in [-0.2, 0) is 9.53 Å². The summed E-state index contributed by atoms with van der Waals surface area (Å²) >= 11 is 3.05. The summed E-state index contributed by atoms with van der Waals surface area (Å²) in [5.74, 6) is -2.28. The van der Waals surface area contributed by atoms with Crippen molar-refractivity contribution in [1.82, 2.24) is 0 Å². The van der Waals surface area contributed by atoms with Crippen LogP contribution in [0.5, 0.6) is 5.75 Å². The molecule has 6 heteroatoms. The lowest BCUT2D eigenvalue weighted by atomic mass is 10.3. The molecule has 86 valence electrons. The molecular weight excluding hydrogens is 283 g/mol. The molecule has 0 aliphatic rings. The SMILES string of the molecule is COC(=O)C(=CO)Oc1c(F)cccc1Br. The largest absolute Gasteiger partial charge is 0.511 e. The zero-order chi connectivity index (χ0) is 12.1. The third-order valence-electron chi connectivity index (χ3n) is 1.63. The van der Waals surface area contributed by atoms with Crippen molar-refractivity contribution < 1.29 is 23.8 Å². The van der Waals surface area contributed by atoms with Gasteiger partial charge in [0.2, 0.25) is 5.76 Å². The lowest BCUT2D eigenvalue weighted by molar-refractivity contribution is -0.138. The quantitative estimate of drug-likeness (QED) is 0.528. The molecule has 16 heavy (non-hydrogen) atoms. The van der Waals surface area contributed by atoms with Crippen LogP contribution in [-0.4, -0.2) is 18.2 Å². The summed E-state index contributed by atoms with van der Waals surface area (Å²) in [4.78, 5) is 11.1. The summed E-state index contributed by atoms with van der Waals surface area (Å²) in [7, 11) is 1.12. The van der Waals surface area contributed by atoms with Gasteiger partial charge in [-0.1, -0.05) is 6.07 Å². The fourth-order valence-electron chi connectivity index (χ4n) is 0.911. The minimum atomic E-state index is -0.905. The number of carbonyl (C=O) groups is 1. The van der Waals surface area contributed by atoms with Crippen molar-refractivity contribution in [2.24, 2.45) is 0 Å². The van der Waals surface area contributed by atoms with Gasteiger partial charge in [-0.25, -0.2) is 9.18 Å². The highest BCUT2D eigenvalue weighted by atomic mass is 79.9. The molecular formula is C10H8BrFO4. The third-order valence-corrected chi connectivity index (χ3v) is 2.26. The van der Waals surface area contributed by atoms with Gasteiger partial charge in [0.25, 0.3) is 0 Å². The van der Waals surface area contributed by atoms with Crippen molar-refractivity contribution in [1.29, 1.82) is 0 Å². The van der Waals surface area contributed by atoms with Crippen LogP contribution < -0.4 is 4.74 Å². The highest BCUT2D eigenvalue weighted by molar-refractivity contribution is 9.10. The highest BCUT2D eigenvalue weighted by Crippen LogP contribution is 2.29. The summed E-state index contributed by atoms with van der Waals surface area (Å²) in [6.45, 7) is 0. The molecule has 4 nitrogen and oxygen atoms in total. The smallest absolute Gasteiger partial charge is 0.377 e. The molecule has 0 aliphatic heterocycles. The topological polar surface area (TPSA) is 55.8 Å². The van der Waals surface area contributed by atoms with E-state index in [1.54, 1.807) is 0 Å². The molecule has 0 radical (unpaired) electrons. The predicted molar refractivity (Wildman–Crippen MR) is 57.5 cm³/mol. The van der Waals surface area contributed by atoms with Crippen LogP contribution in [0.25, 0.3) is 0 Å². The maximum atomic E-state index is 13.3. The van der Waals surface area contributed by atoms with Gasteiger partial charge in [0, 0.05) is 0 Å². The Balaban J connectivity index is 3.00. The Hall–Kier alpha value is -1.56. The normalized spacial score (nSPS) is 11.1. The van der Waals surface area contributed by atoms with Crippen LogP contribution >= 0.6 is 15.9 Å². The first kappa shape index (κ1) is 12.5. The lowest BCUT2D eigenvalue weighted by Gasteiger charge is -2.09. The lowest BCUT2D eigenvalue weighted by Crippen LogP contribution is -2.11. The van der Waals surface area contributed by atoms with Gasteiger partial charge in [-0.2, -0.15) is 0 Å². The number of esters is 1. The van der Waals surface area contributed by atoms with Crippen LogP contribution in [0.4, 0.5) is 4.39 Å². The number of methoxy groups -OCH3 is 1. The molecule has 0 aliphatic carbocycles. The molecule has 0 spiro atoms. The number of hydrogen-bond acceptors (Lipinski definition) is 4. The van der Waals surface area contributed by atoms with E-state index in [-0.39, 0.29) is 5.75 Å². The zero-order valence-electron chi connectivity index (χ0n) is 8.24. The number of hydrogen-bond donors (Lipinski definition) is 1. The van der Waals surface area contributed by atoms with Gasteiger partial charge >= 0.3 is 5.97 Å². The molecule has 0 atom stereocenters. The van der Waals surface area contributed by atoms with Crippen molar-refractivity contribution in [2.45, 2.75) is 0 Å². The monoisotopic (exact) mass is 290 g/mol. The molecule has 0 aromatic heterocycles. The minimum absolute atomic E-state index is 0.201. The number of rotatable bonds is 3. The fraction of sp³-hybridized carbons (Fsp3) is 0.100. The Morgan fingerprint density at radius 2 is 2.25 bits per heavy atom. The summed E-state index contributed by atoms with van der Waals surface area (Å²) in [5.41, 5.74) is 0. The second-order valence-corrected chi connectivity index (χ2v) is 3.49. The first-order valence-corrected chi connectivity index (χ1v) is 4.94. The molecule has 0 bridgehead atoms. The van der Waals surface area contributed by atoms with Gasteiger partial charge < -0.3 is 14.6 Å². The van der Waals surface area contributed by atoms with Gasteiger partial charge in [0.05, 0.1) is 11.6 Å².